The van der Waals surface area contributed by atoms with Crippen LogP contribution in [0.15, 0.2) is 29.8 Å². The molecule has 5 heteroatoms. The van der Waals surface area contributed by atoms with Crippen LogP contribution in [0.5, 0.6) is 0 Å². The van der Waals surface area contributed by atoms with Gasteiger partial charge in [-0.2, -0.15) is 0 Å². The maximum absolute atomic E-state index is 12.8. The Kier molecular flexibility index (Phi) is 4.20. The van der Waals surface area contributed by atoms with E-state index >= 15 is 0 Å². The Hall–Kier alpha value is -2.17. The molecular formula is C13H14FNO3. The Morgan fingerprint density at radius 2 is 1.72 bits per heavy atom. The minimum Gasteiger partial charge on any atom is -0.477 e. The molecule has 0 amide bonds. The Balaban J connectivity index is 3.32. The molecule has 0 saturated carbocycles. The number of hydrogen-bond acceptors (Lipinski definition) is 3. The van der Waals surface area contributed by atoms with E-state index in [1.54, 1.807) is 13.8 Å². The second-order valence-electron chi connectivity index (χ2n) is 4.12. The van der Waals surface area contributed by atoms with Crippen LogP contribution in [0.25, 0.3) is 5.70 Å². The molecule has 0 fully saturated rings. The van der Waals surface area contributed by atoms with E-state index in [9.17, 15) is 14.0 Å². The predicted octanol–water partition coefficient (Wildman–Crippen LogP) is 1.81. The fourth-order valence-corrected chi connectivity index (χ4v) is 1.42. The van der Waals surface area contributed by atoms with Gasteiger partial charge >= 0.3 is 5.97 Å². The summed E-state index contributed by atoms with van der Waals surface area (Å²) in [7, 11) is 0. The molecule has 0 aliphatic carbocycles. The van der Waals surface area contributed by atoms with Gasteiger partial charge < -0.3 is 10.8 Å². The molecule has 0 heterocycles. The largest absolute Gasteiger partial charge is 0.477 e. The van der Waals surface area contributed by atoms with Gasteiger partial charge in [0.15, 0.2) is 5.78 Å². The first-order chi connectivity index (χ1) is 8.34. The van der Waals surface area contributed by atoms with Crippen LogP contribution in [0, 0.1) is 11.7 Å². The van der Waals surface area contributed by atoms with E-state index in [2.05, 4.69) is 0 Å². The molecule has 1 rings (SSSR count). The first kappa shape index (κ1) is 13.9. The van der Waals surface area contributed by atoms with E-state index in [0.717, 1.165) is 12.1 Å². The van der Waals surface area contributed by atoms with Gasteiger partial charge in [0.25, 0.3) is 0 Å². The summed E-state index contributed by atoms with van der Waals surface area (Å²) in [5, 5.41) is 9.05. The third-order valence-electron chi connectivity index (χ3n) is 2.41. The van der Waals surface area contributed by atoms with E-state index < -0.39 is 29.1 Å². The van der Waals surface area contributed by atoms with Gasteiger partial charge in [0.2, 0.25) is 0 Å². The zero-order chi connectivity index (χ0) is 13.9. The lowest BCUT2D eigenvalue weighted by atomic mass is 9.97. The Bertz CT molecular complexity index is 503. The number of hydrogen-bond donors (Lipinski definition) is 2. The van der Waals surface area contributed by atoms with Crippen LogP contribution >= 0.6 is 0 Å². The van der Waals surface area contributed by atoms with E-state index in [0.29, 0.717) is 5.56 Å². The van der Waals surface area contributed by atoms with Gasteiger partial charge in [0, 0.05) is 5.92 Å². The topological polar surface area (TPSA) is 80.4 Å². The molecule has 0 saturated heterocycles. The van der Waals surface area contributed by atoms with Crippen LogP contribution in [-0.2, 0) is 9.59 Å². The number of halogens is 1. The summed E-state index contributed by atoms with van der Waals surface area (Å²) < 4.78 is 12.8. The van der Waals surface area contributed by atoms with Crippen molar-refractivity contribution in [2.75, 3.05) is 0 Å². The van der Waals surface area contributed by atoms with Gasteiger partial charge in [-0.05, 0) is 29.8 Å². The smallest absolute Gasteiger partial charge is 0.341 e. The molecule has 0 aliphatic rings. The lowest BCUT2D eigenvalue weighted by Crippen LogP contribution is -2.21. The van der Waals surface area contributed by atoms with Crippen molar-refractivity contribution in [2.45, 2.75) is 13.8 Å². The van der Waals surface area contributed by atoms with Crippen molar-refractivity contribution in [1.82, 2.24) is 0 Å². The van der Waals surface area contributed by atoms with Crippen LogP contribution in [0.1, 0.15) is 19.4 Å². The average Bonchev–Trinajstić information content (AvgIpc) is 2.29. The van der Waals surface area contributed by atoms with Gasteiger partial charge in [-0.25, -0.2) is 9.18 Å². The summed E-state index contributed by atoms with van der Waals surface area (Å²) in [6.45, 7) is 3.17. The van der Waals surface area contributed by atoms with E-state index in [1.165, 1.54) is 12.1 Å². The molecule has 0 aliphatic heterocycles. The van der Waals surface area contributed by atoms with Gasteiger partial charge in [0.1, 0.15) is 11.4 Å². The van der Waals surface area contributed by atoms with E-state index in [-0.39, 0.29) is 5.70 Å². The number of rotatable bonds is 4. The molecule has 96 valence electrons. The van der Waals surface area contributed by atoms with Gasteiger partial charge in [-0.3, -0.25) is 4.79 Å². The van der Waals surface area contributed by atoms with E-state index in [1.807, 2.05) is 0 Å². The summed E-state index contributed by atoms with van der Waals surface area (Å²) in [6, 6.07) is 4.98. The van der Waals surface area contributed by atoms with Crippen molar-refractivity contribution < 1.29 is 19.1 Å². The van der Waals surface area contributed by atoms with Crippen molar-refractivity contribution in [1.29, 1.82) is 0 Å². The van der Waals surface area contributed by atoms with Crippen LogP contribution in [0.2, 0.25) is 0 Å². The van der Waals surface area contributed by atoms with Crippen LogP contribution in [0.3, 0.4) is 0 Å². The van der Waals surface area contributed by atoms with Gasteiger partial charge in [-0.1, -0.05) is 13.8 Å². The number of benzene rings is 1. The lowest BCUT2D eigenvalue weighted by Gasteiger charge is -2.09. The summed E-state index contributed by atoms with van der Waals surface area (Å²) >= 11 is 0. The second-order valence-corrected chi connectivity index (χ2v) is 4.12. The maximum atomic E-state index is 12.8. The fourth-order valence-electron chi connectivity index (χ4n) is 1.42. The Morgan fingerprint density at radius 3 is 2.11 bits per heavy atom. The average molecular weight is 251 g/mol. The molecular weight excluding hydrogens is 237 g/mol. The number of carboxylic acids is 1. The second kappa shape index (κ2) is 5.44. The maximum Gasteiger partial charge on any atom is 0.341 e. The molecule has 1 aromatic carbocycles. The summed E-state index contributed by atoms with van der Waals surface area (Å²) in [5.41, 5.74) is 5.38. The molecule has 18 heavy (non-hydrogen) atoms. The highest BCUT2D eigenvalue weighted by atomic mass is 19.1. The summed E-state index contributed by atoms with van der Waals surface area (Å²) in [5.74, 6) is -2.87. The minimum atomic E-state index is -1.38. The monoisotopic (exact) mass is 251 g/mol. The Morgan fingerprint density at radius 1 is 1.22 bits per heavy atom. The quantitative estimate of drug-likeness (QED) is 0.486. The zero-order valence-corrected chi connectivity index (χ0v) is 10.1. The van der Waals surface area contributed by atoms with Crippen molar-refractivity contribution in [3.8, 4) is 0 Å². The number of Topliss-reactive ketones (excluding diaryl/α,β-unsaturated/α-hetero) is 1. The van der Waals surface area contributed by atoms with Gasteiger partial charge in [0.05, 0.1) is 5.70 Å². The fraction of sp³-hybridized carbons (Fsp3) is 0.231. The molecule has 0 aromatic heterocycles. The van der Waals surface area contributed by atoms with Crippen LogP contribution in [0.4, 0.5) is 4.39 Å². The summed E-state index contributed by atoms with van der Waals surface area (Å²) in [4.78, 5) is 22.9. The molecule has 4 nitrogen and oxygen atoms in total. The third-order valence-corrected chi connectivity index (χ3v) is 2.41. The van der Waals surface area contributed by atoms with Crippen molar-refractivity contribution >= 4 is 17.4 Å². The Labute approximate surface area is 104 Å². The first-order valence-corrected chi connectivity index (χ1v) is 5.37. The predicted molar refractivity (Wildman–Crippen MR) is 65.0 cm³/mol. The molecule has 0 radical (unpaired) electrons. The van der Waals surface area contributed by atoms with Crippen molar-refractivity contribution in [3.05, 3.63) is 41.2 Å². The lowest BCUT2D eigenvalue weighted by molar-refractivity contribution is -0.135. The molecule has 3 N–H and O–H groups in total. The van der Waals surface area contributed by atoms with Crippen molar-refractivity contribution in [3.63, 3.8) is 0 Å². The minimum absolute atomic E-state index is 0.152. The number of nitrogens with two attached hydrogens (primary N) is 1. The third kappa shape index (κ3) is 2.94. The number of aliphatic carboxylic acids is 1. The highest BCUT2D eigenvalue weighted by Crippen LogP contribution is 2.18. The highest BCUT2D eigenvalue weighted by molar-refractivity contribution is 6.22. The standard InChI is InChI=1S/C13H14FNO3/c1-7(2)12(16)10(13(17)18)11(15)8-3-5-9(14)6-4-8/h3-7H,15H2,1-2H3,(H,17,18)/b11-10+. The van der Waals surface area contributed by atoms with E-state index in [4.69, 9.17) is 10.8 Å². The SMILES string of the molecule is CC(C)C(=O)/C(C(=O)O)=C(\N)c1ccc(F)cc1. The first-order valence-electron chi connectivity index (χ1n) is 5.37. The van der Waals surface area contributed by atoms with Gasteiger partial charge in [-0.15, -0.1) is 0 Å². The molecule has 0 unspecified atom stereocenters. The zero-order valence-electron chi connectivity index (χ0n) is 10.1. The molecule has 0 bridgehead atoms. The summed E-state index contributed by atoms with van der Waals surface area (Å²) in [6.07, 6.45) is 0. The van der Waals surface area contributed by atoms with Crippen molar-refractivity contribution in [2.24, 2.45) is 11.7 Å². The number of carbonyl (C=O) groups is 2. The highest BCUT2D eigenvalue weighted by Gasteiger charge is 2.24. The normalized spacial score (nSPS) is 12.2. The molecule has 0 spiro atoms. The van der Waals surface area contributed by atoms with Crippen LogP contribution in [-0.4, -0.2) is 16.9 Å². The number of carbonyl (C=O) groups excluding carboxylic acids is 1. The van der Waals surface area contributed by atoms with Crippen LogP contribution < -0.4 is 5.73 Å². The molecule has 0 atom stereocenters. The number of ketones is 1. The molecule has 1 aromatic rings. The number of carboxylic acid groups (broad SMARTS) is 1.